The molecule has 1 amide bonds. The van der Waals surface area contributed by atoms with Crippen molar-refractivity contribution in [1.29, 1.82) is 0 Å². The maximum Gasteiger partial charge on any atom is 0.219 e. The molecule has 70 valence electrons. The molecule has 2 atom stereocenters. The SMILES string of the molecule is CC(=O)N1CC[C@@H](C)C[C@H]1CN. The average molecular weight is 170 g/mol. The Morgan fingerprint density at radius 3 is 2.83 bits per heavy atom. The second-order valence-electron chi connectivity index (χ2n) is 3.73. The Kier molecular flexibility index (Phi) is 3.09. The summed E-state index contributed by atoms with van der Waals surface area (Å²) in [5.41, 5.74) is 5.60. The van der Waals surface area contributed by atoms with Crippen molar-refractivity contribution in [2.24, 2.45) is 11.7 Å². The highest BCUT2D eigenvalue weighted by Gasteiger charge is 2.26. The van der Waals surface area contributed by atoms with Gasteiger partial charge >= 0.3 is 0 Å². The molecule has 0 aromatic heterocycles. The van der Waals surface area contributed by atoms with Crippen LogP contribution in [0.3, 0.4) is 0 Å². The molecule has 3 nitrogen and oxygen atoms in total. The first-order chi connectivity index (χ1) is 5.65. The zero-order valence-electron chi connectivity index (χ0n) is 7.92. The lowest BCUT2D eigenvalue weighted by atomic mass is 9.92. The van der Waals surface area contributed by atoms with E-state index in [9.17, 15) is 4.79 Å². The maximum atomic E-state index is 11.1. The van der Waals surface area contributed by atoms with Gasteiger partial charge in [0.15, 0.2) is 0 Å². The van der Waals surface area contributed by atoms with Gasteiger partial charge in [0.1, 0.15) is 0 Å². The van der Waals surface area contributed by atoms with Crippen LogP contribution in [0.15, 0.2) is 0 Å². The highest BCUT2D eigenvalue weighted by molar-refractivity contribution is 5.73. The van der Waals surface area contributed by atoms with E-state index >= 15 is 0 Å². The van der Waals surface area contributed by atoms with Crippen molar-refractivity contribution < 1.29 is 4.79 Å². The number of hydrogen-bond acceptors (Lipinski definition) is 2. The van der Waals surface area contributed by atoms with Crippen LogP contribution < -0.4 is 5.73 Å². The molecule has 0 aromatic rings. The van der Waals surface area contributed by atoms with E-state index in [1.165, 1.54) is 0 Å². The van der Waals surface area contributed by atoms with E-state index in [0.717, 1.165) is 19.4 Å². The molecule has 1 aliphatic heterocycles. The summed E-state index contributed by atoms with van der Waals surface area (Å²) in [5.74, 6) is 0.881. The van der Waals surface area contributed by atoms with E-state index in [-0.39, 0.29) is 11.9 Å². The fourth-order valence-electron chi connectivity index (χ4n) is 1.89. The molecule has 1 aliphatic rings. The van der Waals surface area contributed by atoms with Crippen LogP contribution in [0, 0.1) is 5.92 Å². The molecule has 0 unspecified atom stereocenters. The fourth-order valence-corrected chi connectivity index (χ4v) is 1.89. The highest BCUT2D eigenvalue weighted by atomic mass is 16.2. The standard InChI is InChI=1S/C9H18N2O/c1-7-3-4-11(8(2)12)9(5-7)6-10/h7,9H,3-6,10H2,1-2H3/t7-,9+/m1/s1. The van der Waals surface area contributed by atoms with E-state index < -0.39 is 0 Å². The molecule has 2 N–H and O–H groups in total. The predicted molar refractivity (Wildman–Crippen MR) is 48.6 cm³/mol. The number of amides is 1. The van der Waals surface area contributed by atoms with Crippen LogP contribution in [0.1, 0.15) is 26.7 Å². The lowest BCUT2D eigenvalue weighted by Gasteiger charge is -2.37. The van der Waals surface area contributed by atoms with Crippen LogP contribution in [0.4, 0.5) is 0 Å². The van der Waals surface area contributed by atoms with Crippen molar-refractivity contribution in [3.05, 3.63) is 0 Å². The summed E-state index contributed by atoms with van der Waals surface area (Å²) < 4.78 is 0. The van der Waals surface area contributed by atoms with Crippen LogP contribution in [-0.2, 0) is 4.79 Å². The molecule has 1 saturated heterocycles. The molecule has 0 bridgehead atoms. The van der Waals surface area contributed by atoms with Gasteiger partial charge in [0.2, 0.25) is 5.91 Å². The maximum absolute atomic E-state index is 11.1. The van der Waals surface area contributed by atoms with Crippen LogP contribution in [0.2, 0.25) is 0 Å². The monoisotopic (exact) mass is 170 g/mol. The fraction of sp³-hybridized carbons (Fsp3) is 0.889. The Morgan fingerprint density at radius 2 is 2.33 bits per heavy atom. The van der Waals surface area contributed by atoms with Gasteiger partial charge in [-0.3, -0.25) is 4.79 Å². The largest absolute Gasteiger partial charge is 0.339 e. The highest BCUT2D eigenvalue weighted by Crippen LogP contribution is 2.21. The van der Waals surface area contributed by atoms with E-state index in [2.05, 4.69) is 6.92 Å². The quantitative estimate of drug-likeness (QED) is 0.626. The molecule has 12 heavy (non-hydrogen) atoms. The zero-order chi connectivity index (χ0) is 9.14. The molecule has 0 radical (unpaired) electrons. The van der Waals surface area contributed by atoms with Crippen molar-refractivity contribution in [3.8, 4) is 0 Å². The van der Waals surface area contributed by atoms with Crippen molar-refractivity contribution in [3.63, 3.8) is 0 Å². The third-order valence-electron chi connectivity index (χ3n) is 2.65. The molecule has 3 heteroatoms. The minimum atomic E-state index is 0.164. The summed E-state index contributed by atoms with van der Waals surface area (Å²) >= 11 is 0. The van der Waals surface area contributed by atoms with E-state index in [4.69, 9.17) is 5.73 Å². The van der Waals surface area contributed by atoms with Gasteiger partial charge in [0, 0.05) is 26.1 Å². The topological polar surface area (TPSA) is 46.3 Å². The Morgan fingerprint density at radius 1 is 1.67 bits per heavy atom. The molecule has 0 saturated carbocycles. The minimum absolute atomic E-state index is 0.164. The van der Waals surface area contributed by atoms with Crippen LogP contribution >= 0.6 is 0 Å². The second kappa shape index (κ2) is 3.90. The number of likely N-dealkylation sites (tertiary alicyclic amines) is 1. The normalized spacial score (nSPS) is 30.4. The average Bonchev–Trinajstić information content (AvgIpc) is 2.03. The molecule has 1 fully saturated rings. The van der Waals surface area contributed by atoms with Gasteiger partial charge in [-0.05, 0) is 18.8 Å². The summed E-state index contributed by atoms with van der Waals surface area (Å²) in [4.78, 5) is 13.0. The Bertz CT molecular complexity index is 170. The van der Waals surface area contributed by atoms with Crippen molar-refractivity contribution >= 4 is 5.91 Å². The zero-order valence-corrected chi connectivity index (χ0v) is 7.92. The molecule has 0 aliphatic carbocycles. The number of carbonyl (C=O) groups excluding carboxylic acids is 1. The third kappa shape index (κ3) is 1.97. The van der Waals surface area contributed by atoms with Crippen molar-refractivity contribution in [1.82, 2.24) is 4.90 Å². The smallest absolute Gasteiger partial charge is 0.219 e. The number of carbonyl (C=O) groups is 1. The number of rotatable bonds is 1. The summed E-state index contributed by atoms with van der Waals surface area (Å²) in [5, 5.41) is 0. The molecular weight excluding hydrogens is 152 g/mol. The third-order valence-corrected chi connectivity index (χ3v) is 2.65. The van der Waals surface area contributed by atoms with Crippen LogP contribution in [-0.4, -0.2) is 29.9 Å². The number of nitrogens with two attached hydrogens (primary N) is 1. The summed E-state index contributed by atoms with van der Waals surface area (Å²) in [6.45, 7) is 5.33. The molecular formula is C9H18N2O. The van der Waals surface area contributed by atoms with Gasteiger partial charge in [-0.25, -0.2) is 0 Å². The van der Waals surface area contributed by atoms with Gasteiger partial charge in [-0.15, -0.1) is 0 Å². The van der Waals surface area contributed by atoms with Gasteiger partial charge in [-0.1, -0.05) is 6.92 Å². The summed E-state index contributed by atoms with van der Waals surface area (Å²) in [6.07, 6.45) is 2.19. The Labute approximate surface area is 73.9 Å². The van der Waals surface area contributed by atoms with Gasteiger partial charge < -0.3 is 10.6 Å². The summed E-state index contributed by atoms with van der Waals surface area (Å²) in [7, 11) is 0. The van der Waals surface area contributed by atoms with E-state index in [1.807, 2.05) is 4.90 Å². The Balaban J connectivity index is 2.56. The van der Waals surface area contributed by atoms with Gasteiger partial charge in [-0.2, -0.15) is 0 Å². The Hall–Kier alpha value is -0.570. The summed E-state index contributed by atoms with van der Waals surface area (Å²) in [6, 6.07) is 0.284. The predicted octanol–water partition coefficient (Wildman–Crippen LogP) is 0.592. The first kappa shape index (κ1) is 9.52. The van der Waals surface area contributed by atoms with E-state index in [0.29, 0.717) is 12.5 Å². The number of nitrogens with zero attached hydrogens (tertiary/aromatic N) is 1. The van der Waals surface area contributed by atoms with Crippen molar-refractivity contribution in [2.75, 3.05) is 13.1 Å². The van der Waals surface area contributed by atoms with Crippen molar-refractivity contribution in [2.45, 2.75) is 32.7 Å². The lowest BCUT2D eigenvalue weighted by molar-refractivity contribution is -0.132. The first-order valence-electron chi connectivity index (χ1n) is 4.62. The molecule has 1 rings (SSSR count). The second-order valence-corrected chi connectivity index (χ2v) is 3.73. The molecule has 0 aromatic carbocycles. The minimum Gasteiger partial charge on any atom is -0.339 e. The molecule has 1 heterocycles. The van der Waals surface area contributed by atoms with Gasteiger partial charge in [0.05, 0.1) is 0 Å². The number of piperidine rings is 1. The lowest BCUT2D eigenvalue weighted by Crippen LogP contribution is -2.48. The molecule has 0 spiro atoms. The van der Waals surface area contributed by atoms with Crippen LogP contribution in [0.25, 0.3) is 0 Å². The van der Waals surface area contributed by atoms with Crippen LogP contribution in [0.5, 0.6) is 0 Å². The number of hydrogen-bond donors (Lipinski definition) is 1. The van der Waals surface area contributed by atoms with E-state index in [1.54, 1.807) is 6.92 Å². The first-order valence-corrected chi connectivity index (χ1v) is 4.62. The van der Waals surface area contributed by atoms with Gasteiger partial charge in [0.25, 0.3) is 0 Å².